The number of nitrogens with one attached hydrogen (secondary N) is 1. The van der Waals surface area contributed by atoms with E-state index in [4.69, 9.17) is 19.6 Å². The molecule has 1 saturated heterocycles. The SMILES string of the molecule is CC(=O)N[C@@H](C=O)[C@@H](OO[C@@H]1O[C@H](C)[C@@H](O)[C@H](O)[C@H]1O)[C@H](O)[C@H](O)CO. The Balaban J connectivity index is 2.87. The molecule has 0 aromatic heterocycles. The molecule has 0 saturated carbocycles. The van der Waals surface area contributed by atoms with Gasteiger partial charge in [0.2, 0.25) is 12.2 Å². The van der Waals surface area contributed by atoms with E-state index >= 15 is 0 Å². The topological polar surface area (TPSA) is 195 Å². The molecule has 12 nitrogen and oxygen atoms in total. The molecular weight excluding hydrogens is 358 g/mol. The second-order valence-corrected chi connectivity index (χ2v) is 5.94. The molecule has 9 atom stereocenters. The number of hydrogen-bond acceptors (Lipinski definition) is 11. The van der Waals surface area contributed by atoms with Gasteiger partial charge in [-0.25, -0.2) is 9.78 Å². The first-order chi connectivity index (χ1) is 12.1. The van der Waals surface area contributed by atoms with Gasteiger partial charge in [0.05, 0.1) is 12.7 Å². The zero-order chi connectivity index (χ0) is 20.0. The van der Waals surface area contributed by atoms with Crippen LogP contribution in [0.2, 0.25) is 0 Å². The van der Waals surface area contributed by atoms with Gasteiger partial charge in [-0.3, -0.25) is 4.79 Å². The summed E-state index contributed by atoms with van der Waals surface area (Å²) < 4.78 is 5.12. The second kappa shape index (κ2) is 10.2. The molecule has 26 heavy (non-hydrogen) atoms. The lowest BCUT2D eigenvalue weighted by atomic mass is 10.0. The minimum atomic E-state index is -1.87. The Bertz CT molecular complexity index is 464. The number of aliphatic hydroxyl groups is 6. The summed E-state index contributed by atoms with van der Waals surface area (Å²) in [5, 5.41) is 59.8. The van der Waals surface area contributed by atoms with Crippen LogP contribution in [0, 0.1) is 0 Å². The number of aliphatic hydroxyl groups excluding tert-OH is 6. The summed E-state index contributed by atoms with van der Waals surface area (Å²) in [4.78, 5) is 32.1. The summed E-state index contributed by atoms with van der Waals surface area (Å²) in [6, 6.07) is -1.47. The number of carbonyl (C=O) groups is 2. The number of carbonyl (C=O) groups excluding carboxylic acids is 2. The highest BCUT2D eigenvalue weighted by atomic mass is 17.2. The molecule has 0 radical (unpaired) electrons. The predicted octanol–water partition coefficient (Wildman–Crippen LogP) is -4.45. The van der Waals surface area contributed by atoms with E-state index in [-0.39, 0.29) is 6.29 Å². The third kappa shape index (κ3) is 5.64. The number of aldehydes is 1. The predicted molar refractivity (Wildman–Crippen MR) is 81.1 cm³/mol. The lowest BCUT2D eigenvalue weighted by molar-refractivity contribution is -0.445. The Hall–Kier alpha value is -1.22. The van der Waals surface area contributed by atoms with Crippen molar-refractivity contribution < 1.29 is 54.7 Å². The number of hydrogen-bond donors (Lipinski definition) is 7. The van der Waals surface area contributed by atoms with Crippen LogP contribution in [0.1, 0.15) is 13.8 Å². The van der Waals surface area contributed by atoms with Gasteiger partial charge in [-0.2, -0.15) is 0 Å². The fraction of sp³-hybridized carbons (Fsp3) is 0.857. The van der Waals surface area contributed by atoms with Crippen molar-refractivity contribution in [2.24, 2.45) is 0 Å². The molecule has 1 amide bonds. The Kier molecular flexibility index (Phi) is 8.95. The van der Waals surface area contributed by atoms with E-state index in [1.165, 1.54) is 6.92 Å². The molecule has 0 aromatic rings. The van der Waals surface area contributed by atoms with Gasteiger partial charge in [-0.1, -0.05) is 0 Å². The number of rotatable bonds is 9. The monoisotopic (exact) mass is 383 g/mol. The van der Waals surface area contributed by atoms with Crippen molar-refractivity contribution in [3.05, 3.63) is 0 Å². The van der Waals surface area contributed by atoms with Gasteiger partial charge < -0.3 is 45.5 Å². The highest BCUT2D eigenvalue weighted by Gasteiger charge is 2.44. The zero-order valence-corrected chi connectivity index (χ0v) is 14.2. The molecule has 1 aliphatic rings. The maximum atomic E-state index is 11.2. The van der Waals surface area contributed by atoms with Crippen LogP contribution in [0.3, 0.4) is 0 Å². The van der Waals surface area contributed by atoms with Gasteiger partial charge in [0.1, 0.15) is 49.0 Å². The largest absolute Gasteiger partial charge is 0.394 e. The maximum Gasteiger partial charge on any atom is 0.220 e. The highest BCUT2D eigenvalue weighted by Crippen LogP contribution is 2.23. The van der Waals surface area contributed by atoms with Crippen molar-refractivity contribution in [3.8, 4) is 0 Å². The fourth-order valence-corrected chi connectivity index (χ4v) is 2.30. The van der Waals surface area contributed by atoms with E-state index in [2.05, 4.69) is 5.32 Å². The van der Waals surface area contributed by atoms with Gasteiger partial charge >= 0.3 is 0 Å². The minimum Gasteiger partial charge on any atom is -0.394 e. The van der Waals surface area contributed by atoms with Crippen molar-refractivity contribution in [3.63, 3.8) is 0 Å². The lowest BCUT2D eigenvalue weighted by Gasteiger charge is -2.39. The molecule has 1 aliphatic heterocycles. The van der Waals surface area contributed by atoms with Gasteiger partial charge in [0.15, 0.2) is 0 Å². The van der Waals surface area contributed by atoms with Crippen molar-refractivity contribution in [1.29, 1.82) is 0 Å². The van der Waals surface area contributed by atoms with Gasteiger partial charge in [0, 0.05) is 6.92 Å². The molecule has 7 N–H and O–H groups in total. The molecule has 152 valence electrons. The Morgan fingerprint density at radius 1 is 1.23 bits per heavy atom. The van der Waals surface area contributed by atoms with Crippen molar-refractivity contribution in [2.75, 3.05) is 6.61 Å². The van der Waals surface area contributed by atoms with E-state index in [9.17, 15) is 35.1 Å². The van der Waals surface area contributed by atoms with Gasteiger partial charge in [-0.05, 0) is 6.92 Å². The van der Waals surface area contributed by atoms with E-state index in [0.717, 1.165) is 6.92 Å². The molecule has 1 heterocycles. The first kappa shape index (κ1) is 22.8. The standard InChI is InChI=1S/C14H25NO11/c1-5-9(20)11(22)12(23)14(24-5)26-25-13(10(21)8(19)4-17)7(3-16)15-6(2)18/h3,5,7-14,17,19-23H,4H2,1-2H3,(H,15,18)/t5-,7+,8-,9-,10-,11+,12-,13-,14+/m1/s1. The van der Waals surface area contributed by atoms with Crippen molar-refractivity contribution in [2.45, 2.75) is 68.9 Å². The van der Waals surface area contributed by atoms with Gasteiger partial charge in [0.25, 0.3) is 0 Å². The van der Waals surface area contributed by atoms with E-state index in [1.54, 1.807) is 0 Å². The third-order valence-corrected chi connectivity index (χ3v) is 3.86. The first-order valence-corrected chi connectivity index (χ1v) is 7.85. The summed E-state index contributed by atoms with van der Waals surface area (Å²) in [7, 11) is 0. The molecule has 0 bridgehead atoms. The number of ether oxygens (including phenoxy) is 1. The molecule has 1 fully saturated rings. The minimum absolute atomic E-state index is 0.210. The van der Waals surface area contributed by atoms with Crippen molar-refractivity contribution >= 4 is 12.2 Å². The van der Waals surface area contributed by atoms with Gasteiger partial charge in [-0.15, -0.1) is 0 Å². The van der Waals surface area contributed by atoms with Crippen LogP contribution < -0.4 is 5.32 Å². The Labute approximate surface area is 148 Å². The highest BCUT2D eigenvalue weighted by molar-refractivity contribution is 5.77. The quantitative estimate of drug-likeness (QED) is 0.115. The maximum absolute atomic E-state index is 11.2. The van der Waals surface area contributed by atoms with Crippen LogP contribution >= 0.6 is 0 Å². The molecular formula is C14H25NO11. The first-order valence-electron chi connectivity index (χ1n) is 7.85. The average molecular weight is 383 g/mol. The summed E-state index contributed by atoms with van der Waals surface area (Å²) in [6.07, 6.45) is -12.3. The van der Waals surface area contributed by atoms with Crippen molar-refractivity contribution in [1.82, 2.24) is 5.32 Å². The summed E-state index contributed by atoms with van der Waals surface area (Å²) >= 11 is 0. The zero-order valence-electron chi connectivity index (χ0n) is 14.2. The lowest BCUT2D eigenvalue weighted by Crippen LogP contribution is -2.59. The summed E-state index contributed by atoms with van der Waals surface area (Å²) in [5.41, 5.74) is 0. The van der Waals surface area contributed by atoms with E-state index in [1.807, 2.05) is 0 Å². The van der Waals surface area contributed by atoms with Crippen LogP contribution in [0.25, 0.3) is 0 Å². The molecule has 0 unspecified atom stereocenters. The van der Waals surface area contributed by atoms with E-state index in [0.29, 0.717) is 0 Å². The smallest absolute Gasteiger partial charge is 0.220 e. The number of amides is 1. The Morgan fingerprint density at radius 3 is 2.35 bits per heavy atom. The van der Waals surface area contributed by atoms with Crippen LogP contribution in [-0.2, 0) is 24.1 Å². The molecule has 12 heteroatoms. The Morgan fingerprint density at radius 2 is 1.85 bits per heavy atom. The molecule has 0 aromatic carbocycles. The summed E-state index contributed by atoms with van der Waals surface area (Å²) in [6.45, 7) is 1.61. The van der Waals surface area contributed by atoms with E-state index < -0.39 is 67.6 Å². The van der Waals surface area contributed by atoms with Crippen LogP contribution in [0.5, 0.6) is 0 Å². The second-order valence-electron chi connectivity index (χ2n) is 5.94. The molecule has 0 spiro atoms. The molecule has 1 rings (SSSR count). The summed E-state index contributed by atoms with van der Waals surface area (Å²) in [5.74, 6) is -0.650. The average Bonchev–Trinajstić information content (AvgIpc) is 2.61. The van der Waals surface area contributed by atoms with Crippen LogP contribution in [-0.4, -0.2) is 104 Å². The van der Waals surface area contributed by atoms with Crippen LogP contribution in [0.4, 0.5) is 0 Å². The normalized spacial score (nSPS) is 33.8. The van der Waals surface area contributed by atoms with Crippen LogP contribution in [0.15, 0.2) is 0 Å². The third-order valence-electron chi connectivity index (χ3n) is 3.86. The fourth-order valence-electron chi connectivity index (χ4n) is 2.30. The molecule has 0 aliphatic carbocycles.